The molecule has 1 N–H and O–H groups in total. The second-order valence-corrected chi connectivity index (χ2v) is 10.7. The third kappa shape index (κ3) is 3.95. The number of carbonyl (C=O) groups excluding carboxylic acids is 3. The standard InChI is InChI=1S/C24H27ClN2O4S/c1-13-2-4-14(5-3-13)20(24(30)27-9-18(25)22-21(27)19(28)10-31-22)26-23(29)15-6-7-16-11-32-12-17(16)8-15/h6-8,11-14,18,20-22H,2-5,9-10H2,1H3,(H,26,29)/t13?,14?,18-,20-,21+,22+/m0/s1. The van der Waals surface area contributed by atoms with E-state index in [4.69, 9.17) is 16.3 Å². The maximum absolute atomic E-state index is 13.7. The zero-order valence-corrected chi connectivity index (χ0v) is 19.5. The lowest BCUT2D eigenvalue weighted by atomic mass is 9.78. The Balaban J connectivity index is 1.40. The number of benzene rings is 1. The van der Waals surface area contributed by atoms with Crippen molar-refractivity contribution in [1.29, 1.82) is 0 Å². The molecule has 3 heterocycles. The Morgan fingerprint density at radius 1 is 1.19 bits per heavy atom. The smallest absolute Gasteiger partial charge is 0.251 e. The maximum Gasteiger partial charge on any atom is 0.251 e. The highest BCUT2D eigenvalue weighted by Gasteiger charge is 2.53. The lowest BCUT2D eigenvalue weighted by Gasteiger charge is -2.35. The van der Waals surface area contributed by atoms with Crippen LogP contribution in [0.1, 0.15) is 43.0 Å². The summed E-state index contributed by atoms with van der Waals surface area (Å²) in [5, 5.41) is 8.78. The van der Waals surface area contributed by atoms with Gasteiger partial charge in [0.05, 0.1) is 5.38 Å². The van der Waals surface area contributed by atoms with Crippen LogP contribution in [0.4, 0.5) is 0 Å². The number of hydrogen-bond donors (Lipinski definition) is 1. The number of halogens is 1. The Morgan fingerprint density at radius 3 is 2.72 bits per heavy atom. The van der Waals surface area contributed by atoms with Crippen LogP contribution in [0, 0.1) is 11.8 Å². The Hall–Kier alpha value is -1.96. The fourth-order valence-electron chi connectivity index (χ4n) is 5.33. The zero-order chi connectivity index (χ0) is 22.4. The van der Waals surface area contributed by atoms with Crippen LogP contribution in [0.2, 0.25) is 0 Å². The monoisotopic (exact) mass is 474 g/mol. The molecule has 0 bridgehead atoms. The van der Waals surface area contributed by atoms with Gasteiger partial charge in [-0.1, -0.05) is 25.8 Å². The molecule has 3 aliphatic rings. The lowest BCUT2D eigenvalue weighted by molar-refractivity contribution is -0.139. The van der Waals surface area contributed by atoms with Crippen molar-refractivity contribution in [2.45, 2.75) is 56.2 Å². The second kappa shape index (κ2) is 8.76. The predicted molar refractivity (Wildman–Crippen MR) is 124 cm³/mol. The number of nitrogens with one attached hydrogen (secondary N) is 1. The first-order valence-corrected chi connectivity index (χ1v) is 12.7. The molecule has 1 aromatic carbocycles. The van der Waals surface area contributed by atoms with Gasteiger partial charge in [-0.2, -0.15) is 11.3 Å². The van der Waals surface area contributed by atoms with Crippen molar-refractivity contribution in [2.75, 3.05) is 13.2 Å². The Kier molecular flexibility index (Phi) is 5.99. The SMILES string of the molecule is CC1CCC([C@H](NC(=O)c2ccc3cscc3c2)C(=O)N2C[C@H](Cl)[C@H]3OCC(=O)[C@H]32)CC1. The molecule has 2 saturated heterocycles. The van der Waals surface area contributed by atoms with E-state index in [1.54, 1.807) is 22.3 Å². The molecule has 170 valence electrons. The van der Waals surface area contributed by atoms with Crippen molar-refractivity contribution in [3.63, 3.8) is 0 Å². The van der Waals surface area contributed by atoms with E-state index in [9.17, 15) is 14.4 Å². The van der Waals surface area contributed by atoms with Gasteiger partial charge in [0, 0.05) is 12.1 Å². The minimum atomic E-state index is -0.677. The number of Topliss-reactive ketones (excluding diaryl/α,β-unsaturated/α-hetero) is 1. The van der Waals surface area contributed by atoms with E-state index in [1.165, 1.54) is 0 Å². The van der Waals surface area contributed by atoms with E-state index >= 15 is 0 Å². The molecule has 1 aromatic heterocycles. The quantitative estimate of drug-likeness (QED) is 0.687. The Morgan fingerprint density at radius 2 is 1.94 bits per heavy atom. The van der Waals surface area contributed by atoms with Crippen LogP contribution in [0.25, 0.3) is 10.8 Å². The summed E-state index contributed by atoms with van der Waals surface area (Å²) in [5.74, 6) is 0.0650. The molecule has 1 saturated carbocycles. The summed E-state index contributed by atoms with van der Waals surface area (Å²) in [7, 11) is 0. The summed E-state index contributed by atoms with van der Waals surface area (Å²) >= 11 is 8.01. The highest BCUT2D eigenvalue weighted by molar-refractivity contribution is 7.09. The van der Waals surface area contributed by atoms with E-state index in [0.717, 1.165) is 36.5 Å². The van der Waals surface area contributed by atoms with Crippen LogP contribution in [-0.2, 0) is 14.3 Å². The van der Waals surface area contributed by atoms with Crippen LogP contribution in [0.5, 0.6) is 0 Å². The van der Waals surface area contributed by atoms with Crippen molar-refractivity contribution < 1.29 is 19.1 Å². The first-order chi connectivity index (χ1) is 15.4. The molecule has 3 fully saturated rings. The van der Waals surface area contributed by atoms with Gasteiger partial charge >= 0.3 is 0 Å². The minimum absolute atomic E-state index is 0.0129. The number of alkyl halides is 1. The summed E-state index contributed by atoms with van der Waals surface area (Å²) in [6.07, 6.45) is 3.34. The van der Waals surface area contributed by atoms with E-state index < -0.39 is 23.6 Å². The average Bonchev–Trinajstić information content (AvgIpc) is 3.49. The molecule has 5 rings (SSSR count). The number of hydrogen-bond acceptors (Lipinski definition) is 5. The number of amides is 2. The number of rotatable bonds is 4. The molecule has 1 aliphatic carbocycles. The van der Waals surface area contributed by atoms with Gasteiger partial charge in [-0.15, -0.1) is 11.6 Å². The van der Waals surface area contributed by atoms with Crippen molar-refractivity contribution in [3.8, 4) is 0 Å². The number of ether oxygens (including phenoxy) is 1. The second-order valence-electron chi connectivity index (χ2n) is 9.38. The van der Waals surface area contributed by atoms with Gasteiger partial charge in [0.2, 0.25) is 5.91 Å². The molecule has 0 unspecified atom stereocenters. The average molecular weight is 475 g/mol. The molecular formula is C24H27ClN2O4S. The molecule has 8 heteroatoms. The molecular weight excluding hydrogens is 448 g/mol. The largest absolute Gasteiger partial charge is 0.366 e. The van der Waals surface area contributed by atoms with Crippen molar-refractivity contribution in [3.05, 3.63) is 34.5 Å². The van der Waals surface area contributed by atoms with Gasteiger partial charge in [-0.25, -0.2) is 0 Å². The van der Waals surface area contributed by atoms with E-state index in [-0.39, 0.29) is 36.7 Å². The fourth-order valence-corrected chi connectivity index (χ4v) is 6.47. The number of likely N-dealkylation sites (tertiary alicyclic amines) is 1. The fraction of sp³-hybridized carbons (Fsp3) is 0.542. The summed E-state index contributed by atoms with van der Waals surface area (Å²) in [6, 6.07) is 4.26. The lowest BCUT2D eigenvalue weighted by Crippen LogP contribution is -2.55. The van der Waals surface area contributed by atoms with Crippen LogP contribution in [0.15, 0.2) is 29.0 Å². The Bertz CT molecular complexity index is 1050. The van der Waals surface area contributed by atoms with Gasteiger partial charge in [0.15, 0.2) is 5.78 Å². The number of carbonyl (C=O) groups is 3. The highest BCUT2D eigenvalue weighted by Crippen LogP contribution is 2.35. The predicted octanol–water partition coefficient (Wildman–Crippen LogP) is 3.61. The first-order valence-electron chi connectivity index (χ1n) is 11.3. The van der Waals surface area contributed by atoms with Gasteiger partial charge in [-0.05, 0) is 58.3 Å². The van der Waals surface area contributed by atoms with E-state index in [1.807, 2.05) is 22.9 Å². The van der Waals surface area contributed by atoms with Gasteiger partial charge in [0.1, 0.15) is 24.8 Å². The third-order valence-corrected chi connectivity index (χ3v) is 8.40. The van der Waals surface area contributed by atoms with E-state index in [2.05, 4.69) is 12.2 Å². The topological polar surface area (TPSA) is 75.7 Å². The normalized spacial score (nSPS) is 31.0. The molecule has 2 amide bonds. The van der Waals surface area contributed by atoms with Gasteiger partial charge in [0.25, 0.3) is 5.91 Å². The van der Waals surface area contributed by atoms with Crippen molar-refractivity contribution >= 4 is 51.3 Å². The number of thiophene rings is 1. The summed E-state index contributed by atoms with van der Waals surface area (Å²) in [6.45, 7) is 2.47. The highest BCUT2D eigenvalue weighted by atomic mass is 35.5. The zero-order valence-electron chi connectivity index (χ0n) is 18.0. The third-order valence-electron chi connectivity index (χ3n) is 7.23. The number of ketones is 1. The van der Waals surface area contributed by atoms with Crippen LogP contribution < -0.4 is 5.32 Å². The molecule has 6 nitrogen and oxygen atoms in total. The van der Waals surface area contributed by atoms with Crippen LogP contribution in [-0.4, -0.2) is 59.2 Å². The van der Waals surface area contributed by atoms with Crippen molar-refractivity contribution in [1.82, 2.24) is 10.2 Å². The number of fused-ring (bicyclic) bond motifs is 2. The first kappa shape index (κ1) is 21.9. The summed E-state index contributed by atoms with van der Waals surface area (Å²) in [5.41, 5.74) is 0.535. The van der Waals surface area contributed by atoms with Crippen LogP contribution >= 0.6 is 22.9 Å². The molecule has 4 atom stereocenters. The van der Waals surface area contributed by atoms with E-state index in [0.29, 0.717) is 11.5 Å². The maximum atomic E-state index is 13.7. The molecule has 2 aromatic rings. The molecule has 2 aliphatic heterocycles. The van der Waals surface area contributed by atoms with Crippen molar-refractivity contribution in [2.24, 2.45) is 11.8 Å². The molecule has 0 spiro atoms. The summed E-state index contributed by atoms with van der Waals surface area (Å²) < 4.78 is 5.54. The Labute approximate surface area is 196 Å². The van der Waals surface area contributed by atoms with Crippen LogP contribution in [0.3, 0.4) is 0 Å². The molecule has 32 heavy (non-hydrogen) atoms. The van der Waals surface area contributed by atoms with Gasteiger partial charge in [-0.3, -0.25) is 14.4 Å². The minimum Gasteiger partial charge on any atom is -0.366 e. The van der Waals surface area contributed by atoms with Gasteiger partial charge < -0.3 is 15.0 Å². The number of nitrogens with zero attached hydrogens (tertiary/aromatic N) is 1. The molecule has 0 radical (unpaired) electrons. The summed E-state index contributed by atoms with van der Waals surface area (Å²) in [4.78, 5) is 40.9.